The van der Waals surface area contributed by atoms with Crippen LogP contribution >= 0.6 is 0 Å². The Morgan fingerprint density at radius 2 is 1.51 bits per heavy atom. The molecule has 1 atom stereocenters. The van der Waals surface area contributed by atoms with Crippen molar-refractivity contribution in [1.82, 2.24) is 24.5 Å². The second-order valence-electron chi connectivity index (χ2n) is 14.1. The third-order valence-corrected chi connectivity index (χ3v) is 10.9. The highest BCUT2D eigenvalue weighted by Gasteiger charge is 2.36. The minimum absolute atomic E-state index is 0.0117. The highest BCUT2D eigenvalue weighted by atomic mass is 16.6. The number of likely N-dealkylation sites (tertiary alicyclic amines) is 2. The maximum absolute atomic E-state index is 14.1. The van der Waals surface area contributed by atoms with Crippen molar-refractivity contribution >= 4 is 23.7 Å². The summed E-state index contributed by atoms with van der Waals surface area (Å²) >= 11 is 0. The van der Waals surface area contributed by atoms with Gasteiger partial charge < -0.3 is 35.0 Å². The van der Waals surface area contributed by atoms with Gasteiger partial charge in [-0.25, -0.2) is 9.59 Å². The second kappa shape index (κ2) is 15.8. The number of aliphatic hydroxyl groups is 1. The van der Waals surface area contributed by atoms with Crippen LogP contribution in [0.1, 0.15) is 47.9 Å². The van der Waals surface area contributed by atoms with Crippen LogP contribution in [0.2, 0.25) is 0 Å². The Bertz CT molecular complexity index is 1460. The van der Waals surface area contributed by atoms with Gasteiger partial charge in [0, 0.05) is 89.6 Å². The minimum Gasteiger partial charge on any atom is -0.507 e. The summed E-state index contributed by atoms with van der Waals surface area (Å²) in [5, 5.41) is 22.7. The predicted octanol–water partition coefficient (Wildman–Crippen LogP) is 3.21. The molecule has 6 rings (SSSR count). The summed E-state index contributed by atoms with van der Waals surface area (Å²) < 4.78 is 6.07. The predicted molar refractivity (Wildman–Crippen MR) is 187 cm³/mol. The number of anilines is 1. The maximum Gasteiger partial charge on any atom is 0.410 e. The molecule has 4 aliphatic heterocycles. The fourth-order valence-corrected chi connectivity index (χ4v) is 8.00. The molecule has 4 amide bonds. The van der Waals surface area contributed by atoms with Crippen molar-refractivity contribution in [3.05, 3.63) is 58.7 Å². The van der Waals surface area contributed by atoms with Crippen LogP contribution in [0.4, 0.5) is 15.3 Å². The zero-order chi connectivity index (χ0) is 34.5. The number of rotatable bonds is 8. The van der Waals surface area contributed by atoms with Crippen LogP contribution in [0.5, 0.6) is 5.75 Å². The zero-order valence-corrected chi connectivity index (χ0v) is 29.0. The van der Waals surface area contributed by atoms with Gasteiger partial charge in [0.25, 0.3) is 5.91 Å². The fraction of sp³-hybridized carbons (Fsp3) is 0.595. The van der Waals surface area contributed by atoms with Crippen LogP contribution in [0.25, 0.3) is 0 Å². The first-order chi connectivity index (χ1) is 23.7. The number of fused-ring (bicyclic) bond motifs is 1. The van der Waals surface area contributed by atoms with Gasteiger partial charge in [-0.2, -0.15) is 0 Å². The van der Waals surface area contributed by atoms with E-state index in [4.69, 9.17) is 4.74 Å². The largest absolute Gasteiger partial charge is 0.507 e. The molecule has 0 aromatic heterocycles. The molecule has 4 heterocycles. The molecule has 3 N–H and O–H groups in total. The average molecular weight is 677 g/mol. The number of carbonyl (C=O) groups is 3. The van der Waals surface area contributed by atoms with Crippen molar-refractivity contribution in [3.63, 3.8) is 0 Å². The molecule has 0 unspecified atom stereocenters. The number of phenolic OH excluding ortho intramolecular Hbond substituents is 1. The summed E-state index contributed by atoms with van der Waals surface area (Å²) in [7, 11) is 0. The Morgan fingerprint density at radius 3 is 2.18 bits per heavy atom. The van der Waals surface area contributed by atoms with E-state index in [2.05, 4.69) is 15.1 Å². The van der Waals surface area contributed by atoms with E-state index in [0.29, 0.717) is 58.2 Å². The van der Waals surface area contributed by atoms with Crippen molar-refractivity contribution in [3.8, 4) is 5.75 Å². The van der Waals surface area contributed by atoms with Gasteiger partial charge in [-0.05, 0) is 74.3 Å². The van der Waals surface area contributed by atoms with Crippen LogP contribution in [0.15, 0.2) is 36.4 Å². The van der Waals surface area contributed by atoms with Gasteiger partial charge in [-0.3, -0.25) is 14.6 Å². The minimum atomic E-state index is -0.984. The van der Waals surface area contributed by atoms with Crippen molar-refractivity contribution in [2.45, 2.75) is 70.6 Å². The summed E-state index contributed by atoms with van der Waals surface area (Å²) in [6, 6.07) is 11.9. The van der Waals surface area contributed by atoms with Crippen LogP contribution in [0, 0.1) is 13.8 Å². The number of benzene rings is 2. The lowest BCUT2D eigenvalue weighted by molar-refractivity contribution is -0.142. The number of aliphatic hydroxyl groups excluding tert-OH is 1. The first kappa shape index (κ1) is 35.0. The van der Waals surface area contributed by atoms with E-state index in [1.54, 1.807) is 4.90 Å². The van der Waals surface area contributed by atoms with E-state index in [0.717, 1.165) is 73.4 Å². The molecular formula is C37H52N6O6. The molecule has 3 saturated heterocycles. The first-order valence-corrected chi connectivity index (χ1v) is 18.0. The van der Waals surface area contributed by atoms with Crippen molar-refractivity contribution in [2.24, 2.45) is 0 Å². The SMILES string of the molecule is Cc1cc(C[C@@H](OC(=O)N2CCC(N3CCc4ccccc4NC3=O)CC2)C(=O)N2CCC(N3CCN(CCO)CC3)CC2)cc(C)c1O. The molecule has 2 aromatic carbocycles. The number of hydrogen-bond acceptors (Lipinski definition) is 8. The molecule has 0 radical (unpaired) electrons. The number of phenols is 1. The molecule has 0 bridgehead atoms. The Labute approximate surface area is 289 Å². The second-order valence-corrected chi connectivity index (χ2v) is 14.1. The standard InChI is InChI=1S/C37H52N6O6/c1-26-23-28(24-27(2)34(26)45)25-33(35(46)41-12-8-30(9-13-41)40-19-17-39(18-20-40)21-22-44)49-37(48)42-14-10-31(11-15-42)43-16-7-29-5-3-4-6-32(29)38-36(43)47/h3-6,23-24,30-31,33,44-45H,7-22,25H2,1-2H3,(H,38,47)/t33-/m1/s1. The number of ether oxygens (including phenoxy) is 1. The molecular weight excluding hydrogens is 624 g/mol. The number of aromatic hydroxyl groups is 1. The van der Waals surface area contributed by atoms with Crippen molar-refractivity contribution in [2.75, 3.05) is 77.4 Å². The van der Waals surface area contributed by atoms with Gasteiger partial charge in [0.05, 0.1) is 6.61 Å². The van der Waals surface area contributed by atoms with E-state index in [9.17, 15) is 24.6 Å². The normalized spacial score (nSPS) is 20.8. The molecule has 3 fully saturated rings. The van der Waals surface area contributed by atoms with Gasteiger partial charge in [0.15, 0.2) is 6.10 Å². The van der Waals surface area contributed by atoms with E-state index in [1.807, 2.05) is 60.0 Å². The van der Waals surface area contributed by atoms with Gasteiger partial charge in [-0.15, -0.1) is 0 Å². The number of carbonyl (C=O) groups excluding carboxylic acids is 3. The molecule has 0 aliphatic carbocycles. The molecule has 12 nitrogen and oxygen atoms in total. The van der Waals surface area contributed by atoms with E-state index < -0.39 is 12.2 Å². The lowest BCUT2D eigenvalue weighted by Crippen LogP contribution is -2.55. The number of para-hydroxylation sites is 1. The van der Waals surface area contributed by atoms with Gasteiger partial charge in [-0.1, -0.05) is 30.3 Å². The summed E-state index contributed by atoms with van der Waals surface area (Å²) in [6.07, 6.45) is 2.51. The quantitative estimate of drug-likeness (QED) is 0.389. The molecule has 2 aromatic rings. The molecule has 266 valence electrons. The number of piperidine rings is 2. The van der Waals surface area contributed by atoms with Crippen molar-refractivity contribution < 1.29 is 29.3 Å². The Balaban J connectivity index is 1.07. The lowest BCUT2D eigenvalue weighted by Gasteiger charge is -2.43. The number of nitrogens with one attached hydrogen (secondary N) is 1. The molecule has 12 heteroatoms. The summed E-state index contributed by atoms with van der Waals surface area (Å²) in [5.41, 5.74) is 4.24. The van der Waals surface area contributed by atoms with Gasteiger partial charge in [0.2, 0.25) is 0 Å². The van der Waals surface area contributed by atoms with Gasteiger partial charge in [0.1, 0.15) is 5.75 Å². The third kappa shape index (κ3) is 8.30. The summed E-state index contributed by atoms with van der Waals surface area (Å²) in [5.74, 6) is 0.0476. The zero-order valence-electron chi connectivity index (χ0n) is 29.0. The number of nitrogens with zero attached hydrogens (tertiary/aromatic N) is 5. The van der Waals surface area contributed by atoms with Crippen molar-refractivity contribution in [1.29, 1.82) is 0 Å². The average Bonchev–Trinajstić information content (AvgIpc) is 3.28. The van der Waals surface area contributed by atoms with E-state index in [-0.39, 0.29) is 36.8 Å². The van der Waals surface area contributed by atoms with Gasteiger partial charge >= 0.3 is 12.1 Å². The first-order valence-electron chi connectivity index (χ1n) is 18.0. The molecule has 4 aliphatic rings. The monoisotopic (exact) mass is 676 g/mol. The Kier molecular flexibility index (Phi) is 11.3. The van der Waals surface area contributed by atoms with Crippen LogP contribution in [-0.2, 0) is 22.4 Å². The number of β-amino-alcohol motifs (C(OH)–C–C–N with tert-alkyl or cyclic N) is 1. The van der Waals surface area contributed by atoms with E-state index >= 15 is 0 Å². The van der Waals surface area contributed by atoms with Crippen LogP contribution in [0.3, 0.4) is 0 Å². The lowest BCUT2D eigenvalue weighted by atomic mass is 9.98. The number of amides is 4. The summed E-state index contributed by atoms with van der Waals surface area (Å²) in [6.45, 7) is 11.1. The Hall–Kier alpha value is -3.87. The summed E-state index contributed by atoms with van der Waals surface area (Å²) in [4.78, 5) is 51.0. The third-order valence-electron chi connectivity index (χ3n) is 10.9. The Morgan fingerprint density at radius 1 is 0.878 bits per heavy atom. The molecule has 49 heavy (non-hydrogen) atoms. The van der Waals surface area contributed by atoms with E-state index in [1.165, 1.54) is 0 Å². The number of piperazine rings is 1. The number of aryl methyl sites for hydroxylation is 2. The maximum atomic E-state index is 14.1. The number of urea groups is 1. The topological polar surface area (TPSA) is 129 Å². The van der Waals surface area contributed by atoms with Crippen LogP contribution in [-0.4, -0.2) is 143 Å². The molecule has 0 spiro atoms. The van der Waals surface area contributed by atoms with Crippen LogP contribution < -0.4 is 5.32 Å². The molecule has 0 saturated carbocycles. The highest BCUT2D eigenvalue weighted by Crippen LogP contribution is 2.27. The fourth-order valence-electron chi connectivity index (χ4n) is 8.00. The number of hydrogen-bond donors (Lipinski definition) is 3. The smallest absolute Gasteiger partial charge is 0.410 e. The highest BCUT2D eigenvalue weighted by molar-refractivity contribution is 5.91.